The second-order valence-corrected chi connectivity index (χ2v) is 6.24. The molecule has 0 unspecified atom stereocenters. The Labute approximate surface area is 133 Å². The van der Waals surface area contributed by atoms with Crippen LogP contribution >= 0.6 is 15.9 Å². The Bertz CT molecular complexity index is 1260. The zero-order valence-electron chi connectivity index (χ0n) is 11.4. The molecule has 4 heteroatoms. The van der Waals surface area contributed by atoms with Crippen molar-refractivity contribution in [1.82, 2.24) is 9.38 Å². The van der Waals surface area contributed by atoms with Crippen LogP contribution in [0.5, 0.6) is 0 Å². The van der Waals surface area contributed by atoms with Gasteiger partial charge >= 0.3 is 0 Å². The summed E-state index contributed by atoms with van der Waals surface area (Å²) in [5, 5.41) is 3.75. The highest BCUT2D eigenvalue weighted by molar-refractivity contribution is 9.10. The molecule has 0 saturated carbocycles. The maximum absolute atomic E-state index is 13.0. The maximum atomic E-state index is 13.0. The highest BCUT2D eigenvalue weighted by atomic mass is 79.9. The third-order valence-electron chi connectivity index (χ3n) is 4.22. The first-order valence-electron chi connectivity index (χ1n) is 6.99. The number of nitrogens with zero attached hydrogens (tertiary/aromatic N) is 2. The van der Waals surface area contributed by atoms with E-state index in [-0.39, 0.29) is 5.56 Å². The van der Waals surface area contributed by atoms with E-state index >= 15 is 0 Å². The van der Waals surface area contributed by atoms with Gasteiger partial charge in [0.2, 0.25) is 0 Å². The van der Waals surface area contributed by atoms with E-state index in [1.165, 1.54) is 0 Å². The van der Waals surface area contributed by atoms with Crippen LogP contribution in [-0.4, -0.2) is 9.38 Å². The summed E-state index contributed by atoms with van der Waals surface area (Å²) in [6.07, 6.45) is 0. The van der Waals surface area contributed by atoms with E-state index in [0.717, 1.165) is 42.7 Å². The van der Waals surface area contributed by atoms with Crippen molar-refractivity contribution >= 4 is 54.2 Å². The molecule has 0 N–H and O–H groups in total. The van der Waals surface area contributed by atoms with Gasteiger partial charge in [-0.25, -0.2) is 4.98 Å². The largest absolute Gasteiger partial charge is 0.268 e. The monoisotopic (exact) mass is 348 g/mol. The molecule has 104 valence electrons. The first-order valence-corrected chi connectivity index (χ1v) is 7.79. The summed E-state index contributed by atoms with van der Waals surface area (Å²) >= 11 is 3.57. The van der Waals surface area contributed by atoms with Gasteiger partial charge in [0.15, 0.2) is 0 Å². The van der Waals surface area contributed by atoms with Crippen molar-refractivity contribution in [1.29, 1.82) is 0 Å². The van der Waals surface area contributed by atoms with Gasteiger partial charge in [-0.2, -0.15) is 0 Å². The molecule has 0 spiro atoms. The second kappa shape index (κ2) is 4.05. The minimum atomic E-state index is -0.0140. The average molecular weight is 349 g/mol. The summed E-state index contributed by atoms with van der Waals surface area (Å²) in [4.78, 5) is 17.7. The molecule has 0 amide bonds. The normalized spacial score (nSPS) is 12.0. The minimum absolute atomic E-state index is 0.0140. The molecular weight excluding hydrogens is 340 g/mol. The standard InChI is InChI=1S/C18H9BrN2O/c19-13-9-8-11-16-10(13)4-3-5-12(16)18(22)21-15-7-2-1-6-14(15)20-17(11)21/h1-9H. The summed E-state index contributed by atoms with van der Waals surface area (Å²) in [5.74, 6) is 0. The van der Waals surface area contributed by atoms with E-state index in [2.05, 4.69) is 20.9 Å². The summed E-state index contributed by atoms with van der Waals surface area (Å²) in [6, 6.07) is 17.6. The van der Waals surface area contributed by atoms with E-state index in [1.807, 2.05) is 54.6 Å². The van der Waals surface area contributed by atoms with Crippen molar-refractivity contribution in [2.45, 2.75) is 0 Å². The van der Waals surface area contributed by atoms with Gasteiger partial charge in [0.1, 0.15) is 5.65 Å². The van der Waals surface area contributed by atoms with Gasteiger partial charge < -0.3 is 0 Å². The third kappa shape index (κ3) is 1.35. The van der Waals surface area contributed by atoms with Crippen LogP contribution in [0.1, 0.15) is 0 Å². The number of halogens is 1. The molecule has 5 aromatic rings. The van der Waals surface area contributed by atoms with Crippen LogP contribution < -0.4 is 5.56 Å². The Hall–Kier alpha value is -2.46. The van der Waals surface area contributed by atoms with Crippen LogP contribution in [0.4, 0.5) is 0 Å². The van der Waals surface area contributed by atoms with Crippen LogP contribution in [0.3, 0.4) is 0 Å². The molecule has 22 heavy (non-hydrogen) atoms. The number of pyridine rings is 1. The van der Waals surface area contributed by atoms with Gasteiger partial charge in [-0.05, 0) is 35.7 Å². The summed E-state index contributed by atoms with van der Waals surface area (Å²) < 4.78 is 2.71. The fraction of sp³-hybridized carbons (Fsp3) is 0. The summed E-state index contributed by atoms with van der Waals surface area (Å²) in [5.41, 5.74) is 2.41. The zero-order valence-corrected chi connectivity index (χ0v) is 13.0. The van der Waals surface area contributed by atoms with Gasteiger partial charge in [-0.15, -0.1) is 0 Å². The van der Waals surface area contributed by atoms with Crippen LogP contribution in [-0.2, 0) is 0 Å². The number of fused-ring (bicyclic) bond motifs is 4. The first kappa shape index (κ1) is 12.1. The fourth-order valence-corrected chi connectivity index (χ4v) is 3.73. The molecule has 0 bridgehead atoms. The van der Waals surface area contributed by atoms with Crippen LogP contribution in [0, 0.1) is 0 Å². The van der Waals surface area contributed by atoms with Gasteiger partial charge in [0.25, 0.3) is 5.56 Å². The van der Waals surface area contributed by atoms with Crippen LogP contribution in [0.15, 0.2) is 63.9 Å². The number of aromatic nitrogens is 2. The lowest BCUT2D eigenvalue weighted by atomic mass is 10.0. The Kier molecular flexibility index (Phi) is 2.23. The quantitative estimate of drug-likeness (QED) is 0.416. The highest BCUT2D eigenvalue weighted by Crippen LogP contribution is 2.33. The predicted octanol–water partition coefficient (Wildman–Crippen LogP) is 4.35. The molecule has 0 fully saturated rings. The van der Waals surface area contributed by atoms with E-state index in [0.29, 0.717) is 0 Å². The van der Waals surface area contributed by atoms with Gasteiger partial charge in [-0.3, -0.25) is 9.20 Å². The van der Waals surface area contributed by atoms with E-state index < -0.39 is 0 Å². The molecule has 3 aromatic carbocycles. The van der Waals surface area contributed by atoms with Crippen molar-refractivity contribution in [3.8, 4) is 0 Å². The molecule has 0 atom stereocenters. The van der Waals surface area contributed by atoms with E-state index in [1.54, 1.807) is 4.40 Å². The van der Waals surface area contributed by atoms with E-state index in [4.69, 9.17) is 0 Å². The molecule has 2 aromatic heterocycles. The van der Waals surface area contributed by atoms with Crippen molar-refractivity contribution < 1.29 is 0 Å². The van der Waals surface area contributed by atoms with Crippen LogP contribution in [0.25, 0.3) is 38.2 Å². The Balaban J connectivity index is 2.25. The van der Waals surface area contributed by atoms with Gasteiger partial charge in [0.05, 0.1) is 11.0 Å². The number of rotatable bonds is 0. The molecule has 2 heterocycles. The molecule has 0 aliphatic rings. The highest BCUT2D eigenvalue weighted by Gasteiger charge is 2.16. The average Bonchev–Trinajstić information content (AvgIpc) is 2.93. The van der Waals surface area contributed by atoms with E-state index in [9.17, 15) is 4.79 Å². The number of hydrogen-bond donors (Lipinski definition) is 0. The zero-order chi connectivity index (χ0) is 14.8. The lowest BCUT2D eigenvalue weighted by Gasteiger charge is -2.08. The minimum Gasteiger partial charge on any atom is -0.268 e. The lowest BCUT2D eigenvalue weighted by molar-refractivity contribution is 1.19. The smallest absolute Gasteiger partial charge is 0.264 e. The number of benzene rings is 3. The molecule has 0 radical (unpaired) electrons. The van der Waals surface area contributed by atoms with Crippen molar-refractivity contribution in [3.05, 3.63) is 69.4 Å². The fourth-order valence-electron chi connectivity index (χ4n) is 3.27. The van der Waals surface area contributed by atoms with Crippen molar-refractivity contribution in [2.75, 3.05) is 0 Å². The Morgan fingerprint density at radius 1 is 0.864 bits per heavy atom. The molecule has 3 nitrogen and oxygen atoms in total. The Morgan fingerprint density at radius 3 is 2.59 bits per heavy atom. The maximum Gasteiger partial charge on any atom is 0.264 e. The van der Waals surface area contributed by atoms with Crippen LogP contribution in [0.2, 0.25) is 0 Å². The second-order valence-electron chi connectivity index (χ2n) is 5.39. The number of para-hydroxylation sites is 2. The Morgan fingerprint density at radius 2 is 1.68 bits per heavy atom. The van der Waals surface area contributed by atoms with Gasteiger partial charge in [-0.1, -0.05) is 40.2 Å². The van der Waals surface area contributed by atoms with Crippen molar-refractivity contribution in [2.24, 2.45) is 0 Å². The number of imidazole rings is 1. The van der Waals surface area contributed by atoms with Gasteiger partial charge in [0, 0.05) is 20.6 Å². The SMILES string of the molecule is O=c1c2cccc3c(Br)ccc(c32)c2nc3ccccc3n12. The molecule has 0 aliphatic carbocycles. The first-order chi connectivity index (χ1) is 10.8. The lowest BCUT2D eigenvalue weighted by Crippen LogP contribution is -2.13. The summed E-state index contributed by atoms with van der Waals surface area (Å²) in [6.45, 7) is 0. The number of hydrogen-bond acceptors (Lipinski definition) is 2. The molecule has 0 aliphatic heterocycles. The third-order valence-corrected chi connectivity index (χ3v) is 4.91. The topological polar surface area (TPSA) is 34.4 Å². The molecular formula is C18H9BrN2O. The molecule has 5 rings (SSSR count). The van der Waals surface area contributed by atoms with Crippen molar-refractivity contribution in [3.63, 3.8) is 0 Å². The molecule has 0 saturated heterocycles. The summed E-state index contributed by atoms with van der Waals surface area (Å²) in [7, 11) is 0. The predicted molar refractivity (Wildman–Crippen MR) is 92.9 cm³/mol.